The van der Waals surface area contributed by atoms with Gasteiger partial charge in [-0.2, -0.15) is 0 Å². The van der Waals surface area contributed by atoms with Gasteiger partial charge in [0.05, 0.1) is 41.7 Å². The first-order valence-corrected chi connectivity index (χ1v) is 13.8. The lowest BCUT2D eigenvalue weighted by atomic mass is 10.1. The molecule has 9 nitrogen and oxygen atoms in total. The van der Waals surface area contributed by atoms with Gasteiger partial charge in [-0.25, -0.2) is 8.42 Å². The molecule has 3 aromatic rings. The summed E-state index contributed by atoms with van der Waals surface area (Å²) in [5.74, 6) is -0.495. The van der Waals surface area contributed by atoms with Crippen LogP contribution in [0.5, 0.6) is 5.75 Å². The van der Waals surface area contributed by atoms with Gasteiger partial charge in [0.25, 0.3) is 15.9 Å². The maximum Gasteiger partial charge on any atom is 0.264 e. The topological polar surface area (TPSA) is 105 Å². The Hall–Kier alpha value is -3.89. The zero-order chi connectivity index (χ0) is 27.1. The molecule has 0 aliphatic carbocycles. The Kier molecular flexibility index (Phi) is 8.65. The van der Waals surface area contributed by atoms with E-state index in [0.717, 1.165) is 9.87 Å². The third-order valence-electron chi connectivity index (χ3n) is 6.06. The van der Waals surface area contributed by atoms with Crippen molar-refractivity contribution in [3.63, 3.8) is 0 Å². The maximum absolute atomic E-state index is 13.8. The van der Waals surface area contributed by atoms with E-state index in [2.05, 4.69) is 5.32 Å². The predicted octanol–water partition coefficient (Wildman–Crippen LogP) is 3.70. The van der Waals surface area contributed by atoms with Crippen molar-refractivity contribution in [1.82, 2.24) is 4.90 Å². The molecule has 38 heavy (non-hydrogen) atoms. The summed E-state index contributed by atoms with van der Waals surface area (Å²) >= 11 is 0. The van der Waals surface area contributed by atoms with E-state index in [1.165, 1.54) is 12.1 Å². The lowest BCUT2D eigenvalue weighted by molar-refractivity contribution is -0.114. The number of aryl methyl sites for hydroxylation is 1. The zero-order valence-corrected chi connectivity index (χ0v) is 22.2. The highest BCUT2D eigenvalue weighted by atomic mass is 32.2. The number of carbonyl (C=O) groups excluding carboxylic acids is 2. The minimum absolute atomic E-state index is 0.0464. The fourth-order valence-corrected chi connectivity index (χ4v) is 5.54. The van der Waals surface area contributed by atoms with Gasteiger partial charge in [-0.15, -0.1) is 0 Å². The van der Waals surface area contributed by atoms with Crippen LogP contribution in [0.15, 0.2) is 77.7 Å². The summed E-state index contributed by atoms with van der Waals surface area (Å²) in [6, 6.07) is 19.8. The van der Waals surface area contributed by atoms with E-state index in [9.17, 15) is 18.0 Å². The Balaban J connectivity index is 1.65. The molecule has 0 aromatic heterocycles. The van der Waals surface area contributed by atoms with Gasteiger partial charge in [0.1, 0.15) is 12.3 Å². The first kappa shape index (κ1) is 27.2. The van der Waals surface area contributed by atoms with Gasteiger partial charge >= 0.3 is 0 Å². The first-order valence-electron chi connectivity index (χ1n) is 12.4. The van der Waals surface area contributed by atoms with E-state index in [1.807, 2.05) is 6.92 Å². The number of hydrogen-bond donors (Lipinski definition) is 1. The lowest BCUT2D eigenvalue weighted by Crippen LogP contribution is -2.41. The number of amides is 2. The van der Waals surface area contributed by atoms with E-state index in [4.69, 9.17) is 9.47 Å². The summed E-state index contributed by atoms with van der Waals surface area (Å²) in [4.78, 5) is 28.2. The van der Waals surface area contributed by atoms with E-state index in [0.29, 0.717) is 49.9 Å². The number of sulfonamides is 1. The van der Waals surface area contributed by atoms with Gasteiger partial charge in [0.2, 0.25) is 5.91 Å². The van der Waals surface area contributed by atoms with E-state index in [1.54, 1.807) is 72.5 Å². The molecule has 200 valence electrons. The van der Waals surface area contributed by atoms with Gasteiger partial charge in [-0.1, -0.05) is 42.0 Å². The van der Waals surface area contributed by atoms with Crippen LogP contribution in [0.1, 0.15) is 22.8 Å². The highest BCUT2D eigenvalue weighted by Gasteiger charge is 2.30. The Labute approximate surface area is 223 Å². The predicted molar refractivity (Wildman–Crippen MR) is 145 cm³/mol. The van der Waals surface area contributed by atoms with Gasteiger partial charge in [0, 0.05) is 13.1 Å². The lowest BCUT2D eigenvalue weighted by Gasteiger charge is -2.28. The molecule has 0 saturated carbocycles. The molecule has 0 atom stereocenters. The number of morpholine rings is 1. The van der Waals surface area contributed by atoms with E-state index in [-0.39, 0.29) is 16.5 Å². The Morgan fingerprint density at radius 3 is 2.34 bits per heavy atom. The van der Waals surface area contributed by atoms with Crippen molar-refractivity contribution < 1.29 is 27.5 Å². The fraction of sp³-hybridized carbons (Fsp3) is 0.286. The van der Waals surface area contributed by atoms with Gasteiger partial charge < -0.3 is 19.7 Å². The molecule has 1 aliphatic heterocycles. The highest BCUT2D eigenvalue weighted by molar-refractivity contribution is 7.92. The molecule has 1 fully saturated rings. The van der Waals surface area contributed by atoms with Crippen LogP contribution in [0.3, 0.4) is 0 Å². The molecule has 1 saturated heterocycles. The molecule has 1 heterocycles. The largest absolute Gasteiger partial charge is 0.492 e. The minimum atomic E-state index is -4.14. The quantitative estimate of drug-likeness (QED) is 0.446. The Bertz CT molecular complexity index is 1390. The molecule has 1 aliphatic rings. The molecule has 0 unspecified atom stereocenters. The number of benzene rings is 3. The van der Waals surface area contributed by atoms with Gasteiger partial charge in [0.15, 0.2) is 0 Å². The van der Waals surface area contributed by atoms with Crippen molar-refractivity contribution in [3.8, 4) is 5.75 Å². The van der Waals surface area contributed by atoms with Crippen LogP contribution in [-0.4, -0.2) is 64.6 Å². The Morgan fingerprint density at radius 2 is 1.63 bits per heavy atom. The fourth-order valence-electron chi connectivity index (χ4n) is 4.11. The van der Waals surface area contributed by atoms with Crippen LogP contribution in [-0.2, 0) is 19.6 Å². The Morgan fingerprint density at radius 1 is 0.974 bits per heavy atom. The van der Waals surface area contributed by atoms with Crippen molar-refractivity contribution in [2.24, 2.45) is 0 Å². The molecule has 10 heteroatoms. The number of carbonyl (C=O) groups is 2. The number of hydrogen-bond acceptors (Lipinski definition) is 6. The molecular weight excluding hydrogens is 506 g/mol. The van der Waals surface area contributed by atoms with Crippen LogP contribution in [0.25, 0.3) is 0 Å². The minimum Gasteiger partial charge on any atom is -0.492 e. The molecule has 0 bridgehead atoms. The average Bonchev–Trinajstić information content (AvgIpc) is 2.93. The van der Waals surface area contributed by atoms with Crippen LogP contribution in [0.2, 0.25) is 0 Å². The first-order chi connectivity index (χ1) is 18.3. The van der Waals surface area contributed by atoms with Gasteiger partial charge in [-0.3, -0.25) is 13.9 Å². The van der Waals surface area contributed by atoms with Crippen molar-refractivity contribution in [3.05, 3.63) is 83.9 Å². The van der Waals surface area contributed by atoms with Gasteiger partial charge in [-0.05, 0) is 50.2 Å². The number of rotatable bonds is 9. The number of anilines is 2. The monoisotopic (exact) mass is 537 g/mol. The summed E-state index contributed by atoms with van der Waals surface area (Å²) in [5, 5.41) is 2.75. The summed E-state index contributed by atoms with van der Waals surface area (Å²) < 4.78 is 39.6. The van der Waals surface area contributed by atoms with Crippen LogP contribution in [0, 0.1) is 6.92 Å². The van der Waals surface area contributed by atoms with E-state index >= 15 is 0 Å². The SMILES string of the molecule is CCOc1ccccc1N(CC(=O)Nc1ccccc1C(=O)N1CCOCC1)S(=O)(=O)c1ccc(C)cc1. The van der Waals surface area contributed by atoms with E-state index < -0.39 is 22.5 Å². The number of para-hydroxylation sites is 3. The second-order valence-corrected chi connectivity index (χ2v) is 10.6. The zero-order valence-electron chi connectivity index (χ0n) is 21.4. The third kappa shape index (κ3) is 6.15. The maximum atomic E-state index is 13.8. The van der Waals surface area contributed by atoms with Crippen LogP contribution >= 0.6 is 0 Å². The smallest absolute Gasteiger partial charge is 0.264 e. The van der Waals surface area contributed by atoms with Crippen LogP contribution in [0.4, 0.5) is 11.4 Å². The molecule has 0 spiro atoms. The summed E-state index contributed by atoms with van der Waals surface area (Å²) in [5.41, 5.74) is 1.78. The molecule has 1 N–H and O–H groups in total. The summed E-state index contributed by atoms with van der Waals surface area (Å²) in [7, 11) is -4.14. The number of nitrogens with zero attached hydrogens (tertiary/aromatic N) is 2. The molecular formula is C28H31N3O6S. The van der Waals surface area contributed by atoms with Crippen molar-refractivity contribution in [1.29, 1.82) is 0 Å². The number of nitrogens with one attached hydrogen (secondary N) is 1. The molecule has 4 rings (SSSR count). The number of ether oxygens (including phenoxy) is 2. The summed E-state index contributed by atoms with van der Waals surface area (Å²) in [6.07, 6.45) is 0. The average molecular weight is 538 g/mol. The molecule has 0 radical (unpaired) electrons. The standard InChI is InChI=1S/C28H31N3O6S/c1-3-37-26-11-7-6-10-25(26)31(38(34,35)22-14-12-21(2)13-15-22)20-27(32)29-24-9-5-4-8-23(24)28(33)30-16-18-36-19-17-30/h4-15H,3,16-20H2,1-2H3,(H,29,32). The molecule has 3 aromatic carbocycles. The summed E-state index contributed by atoms with van der Waals surface area (Å²) in [6.45, 7) is 5.26. The van der Waals surface area contributed by atoms with Crippen molar-refractivity contribution in [2.75, 3.05) is 49.1 Å². The van der Waals surface area contributed by atoms with Crippen LogP contribution < -0.4 is 14.4 Å². The van der Waals surface area contributed by atoms with Crippen molar-refractivity contribution >= 4 is 33.2 Å². The second kappa shape index (κ2) is 12.1. The highest BCUT2D eigenvalue weighted by Crippen LogP contribution is 2.32. The van der Waals surface area contributed by atoms with Crippen molar-refractivity contribution in [2.45, 2.75) is 18.7 Å². The third-order valence-corrected chi connectivity index (χ3v) is 7.83. The molecule has 2 amide bonds. The second-order valence-electron chi connectivity index (χ2n) is 8.72. The normalized spacial score (nSPS) is 13.6.